The van der Waals surface area contributed by atoms with Crippen LogP contribution < -0.4 is 10.2 Å². The minimum atomic E-state index is 0.102. The number of anilines is 1. The largest absolute Gasteiger partial charge is 0.361 e. The summed E-state index contributed by atoms with van der Waals surface area (Å²) in [5, 5.41) is 3.88. The molecular weight excluding hydrogens is 212 g/mol. The van der Waals surface area contributed by atoms with Crippen molar-refractivity contribution < 1.29 is 9.59 Å². The zero-order valence-corrected chi connectivity index (χ0v) is 9.05. The molecule has 2 rings (SSSR count). The summed E-state index contributed by atoms with van der Waals surface area (Å²) in [7, 11) is 0. The van der Waals surface area contributed by atoms with E-state index in [-0.39, 0.29) is 5.91 Å². The summed E-state index contributed by atoms with van der Waals surface area (Å²) >= 11 is 1.47. The van der Waals surface area contributed by atoms with Crippen LogP contribution in [0.15, 0.2) is 12.1 Å². The number of carbonyl (C=O) groups excluding carboxylic acids is 2. The number of thiophene rings is 1. The van der Waals surface area contributed by atoms with E-state index in [1.165, 1.54) is 11.3 Å². The van der Waals surface area contributed by atoms with Crippen molar-refractivity contribution in [1.82, 2.24) is 5.32 Å². The molecule has 1 aromatic heterocycles. The fraction of sp³-hybridized carbons (Fsp3) is 0.400. The highest BCUT2D eigenvalue weighted by molar-refractivity contribution is 7.17. The second-order valence-corrected chi connectivity index (χ2v) is 4.47. The molecule has 1 amide bonds. The molecule has 1 aliphatic rings. The highest BCUT2D eigenvalue weighted by atomic mass is 32.1. The molecule has 1 aliphatic heterocycles. The fourth-order valence-corrected chi connectivity index (χ4v) is 2.44. The molecule has 2 heterocycles. The van der Waals surface area contributed by atoms with Gasteiger partial charge >= 0.3 is 0 Å². The Balaban J connectivity index is 2.09. The lowest BCUT2D eigenvalue weighted by atomic mass is 10.4. The van der Waals surface area contributed by atoms with Gasteiger partial charge in [-0.05, 0) is 12.1 Å². The van der Waals surface area contributed by atoms with E-state index in [1.54, 1.807) is 0 Å². The van der Waals surface area contributed by atoms with E-state index in [1.807, 2.05) is 12.1 Å². The number of hydrogen-bond donors (Lipinski definition) is 1. The zero-order chi connectivity index (χ0) is 10.7. The Hall–Kier alpha value is -1.36. The van der Waals surface area contributed by atoms with E-state index in [2.05, 4.69) is 10.2 Å². The molecule has 15 heavy (non-hydrogen) atoms. The second kappa shape index (κ2) is 4.44. The normalized spacial score (nSPS) is 17.1. The maximum absolute atomic E-state index is 11.1. The van der Waals surface area contributed by atoms with Crippen molar-refractivity contribution in [3.05, 3.63) is 17.0 Å². The van der Waals surface area contributed by atoms with Gasteiger partial charge in [-0.2, -0.15) is 0 Å². The Bertz CT molecular complexity index is 375. The Morgan fingerprint density at radius 2 is 2.27 bits per heavy atom. The Morgan fingerprint density at radius 1 is 1.40 bits per heavy atom. The molecule has 0 atom stereocenters. The summed E-state index contributed by atoms with van der Waals surface area (Å²) in [4.78, 5) is 24.5. The van der Waals surface area contributed by atoms with Crippen LogP contribution in [0, 0.1) is 0 Å². The first-order chi connectivity index (χ1) is 7.29. The van der Waals surface area contributed by atoms with Gasteiger partial charge in [0, 0.05) is 26.1 Å². The fourth-order valence-electron chi connectivity index (χ4n) is 1.56. The smallest absolute Gasteiger partial charge is 0.221 e. The average Bonchev–Trinajstić information content (AvgIpc) is 2.62. The van der Waals surface area contributed by atoms with E-state index in [9.17, 15) is 9.59 Å². The summed E-state index contributed by atoms with van der Waals surface area (Å²) in [5.41, 5.74) is 0. The predicted octanol–water partition coefficient (Wildman–Crippen LogP) is 0.887. The van der Waals surface area contributed by atoms with E-state index in [0.717, 1.165) is 29.3 Å². The molecule has 0 bridgehead atoms. The molecule has 0 aliphatic carbocycles. The molecule has 0 saturated carbocycles. The highest BCUT2D eigenvalue weighted by Gasteiger charge is 2.14. The summed E-state index contributed by atoms with van der Waals surface area (Å²) in [6, 6.07) is 3.75. The van der Waals surface area contributed by atoms with Crippen LogP contribution in [0.2, 0.25) is 0 Å². The van der Waals surface area contributed by atoms with Crippen LogP contribution in [-0.2, 0) is 4.79 Å². The van der Waals surface area contributed by atoms with Crippen LogP contribution in [0.4, 0.5) is 5.00 Å². The third-order valence-electron chi connectivity index (χ3n) is 2.35. The number of nitrogens with zero attached hydrogens (tertiary/aromatic N) is 1. The van der Waals surface area contributed by atoms with E-state index >= 15 is 0 Å². The molecule has 80 valence electrons. The van der Waals surface area contributed by atoms with Crippen LogP contribution in [0.25, 0.3) is 0 Å². The van der Waals surface area contributed by atoms with Gasteiger partial charge in [0.15, 0.2) is 6.29 Å². The summed E-state index contributed by atoms with van der Waals surface area (Å²) < 4.78 is 0. The van der Waals surface area contributed by atoms with Crippen molar-refractivity contribution in [3.63, 3.8) is 0 Å². The first-order valence-corrected chi connectivity index (χ1v) is 5.68. The molecule has 1 fully saturated rings. The van der Waals surface area contributed by atoms with E-state index in [0.29, 0.717) is 13.0 Å². The Labute approximate surface area is 91.9 Å². The Kier molecular flexibility index (Phi) is 3.01. The van der Waals surface area contributed by atoms with Crippen molar-refractivity contribution in [2.24, 2.45) is 0 Å². The van der Waals surface area contributed by atoms with Crippen molar-refractivity contribution in [2.75, 3.05) is 24.5 Å². The van der Waals surface area contributed by atoms with Crippen LogP contribution >= 0.6 is 11.3 Å². The molecule has 0 unspecified atom stereocenters. The Morgan fingerprint density at radius 3 is 3.00 bits per heavy atom. The first kappa shape index (κ1) is 10.2. The van der Waals surface area contributed by atoms with Crippen molar-refractivity contribution in [2.45, 2.75) is 6.42 Å². The molecule has 4 nitrogen and oxygen atoms in total. The van der Waals surface area contributed by atoms with Gasteiger partial charge in [0.05, 0.1) is 9.88 Å². The number of amides is 1. The lowest BCUT2D eigenvalue weighted by Crippen LogP contribution is -2.27. The van der Waals surface area contributed by atoms with Gasteiger partial charge in [0.2, 0.25) is 5.91 Å². The van der Waals surface area contributed by atoms with Gasteiger partial charge < -0.3 is 10.2 Å². The molecular formula is C10H12N2O2S. The van der Waals surface area contributed by atoms with Crippen LogP contribution in [-0.4, -0.2) is 31.8 Å². The highest BCUT2D eigenvalue weighted by Crippen LogP contribution is 2.25. The molecule has 0 radical (unpaired) electrons. The third-order valence-corrected chi connectivity index (χ3v) is 3.42. The van der Waals surface area contributed by atoms with E-state index < -0.39 is 0 Å². The maximum Gasteiger partial charge on any atom is 0.221 e. The molecule has 0 spiro atoms. The average molecular weight is 224 g/mol. The van der Waals surface area contributed by atoms with Crippen molar-refractivity contribution in [3.8, 4) is 0 Å². The second-order valence-electron chi connectivity index (χ2n) is 3.38. The number of nitrogens with one attached hydrogen (secondary N) is 1. The van der Waals surface area contributed by atoms with Gasteiger partial charge in [0.25, 0.3) is 0 Å². The zero-order valence-electron chi connectivity index (χ0n) is 8.23. The van der Waals surface area contributed by atoms with Crippen LogP contribution in [0.1, 0.15) is 16.1 Å². The van der Waals surface area contributed by atoms with Gasteiger partial charge in [-0.3, -0.25) is 9.59 Å². The SMILES string of the molecule is O=Cc1ccc(N2CCNC(=O)CC2)s1. The molecule has 1 aromatic rings. The first-order valence-electron chi connectivity index (χ1n) is 4.86. The van der Waals surface area contributed by atoms with Crippen molar-refractivity contribution in [1.29, 1.82) is 0 Å². The predicted molar refractivity (Wildman–Crippen MR) is 59.5 cm³/mol. The number of carbonyl (C=O) groups is 2. The lowest BCUT2D eigenvalue weighted by Gasteiger charge is -2.18. The van der Waals surface area contributed by atoms with E-state index in [4.69, 9.17) is 0 Å². The van der Waals surface area contributed by atoms with Gasteiger partial charge in [-0.1, -0.05) is 0 Å². The molecule has 1 saturated heterocycles. The topological polar surface area (TPSA) is 49.4 Å². The molecule has 0 aromatic carbocycles. The lowest BCUT2D eigenvalue weighted by molar-refractivity contribution is -0.120. The number of hydrogen-bond acceptors (Lipinski definition) is 4. The van der Waals surface area contributed by atoms with Crippen LogP contribution in [0.3, 0.4) is 0 Å². The summed E-state index contributed by atoms with van der Waals surface area (Å²) in [6.45, 7) is 2.21. The quantitative estimate of drug-likeness (QED) is 0.759. The molecule has 5 heteroatoms. The third kappa shape index (κ3) is 2.36. The maximum atomic E-state index is 11.1. The monoisotopic (exact) mass is 224 g/mol. The number of aldehydes is 1. The van der Waals surface area contributed by atoms with Gasteiger partial charge in [0.1, 0.15) is 0 Å². The van der Waals surface area contributed by atoms with Gasteiger partial charge in [-0.25, -0.2) is 0 Å². The van der Waals surface area contributed by atoms with Gasteiger partial charge in [-0.15, -0.1) is 11.3 Å². The summed E-state index contributed by atoms with van der Waals surface area (Å²) in [5.74, 6) is 0.102. The molecule has 1 N–H and O–H groups in total. The summed E-state index contributed by atoms with van der Waals surface area (Å²) in [6.07, 6.45) is 1.38. The van der Waals surface area contributed by atoms with Crippen LogP contribution in [0.5, 0.6) is 0 Å². The minimum Gasteiger partial charge on any atom is -0.361 e. The minimum absolute atomic E-state index is 0.102. The standard InChI is InChI=1S/C10H12N2O2S/c13-7-8-1-2-10(15-8)12-5-3-9(14)11-4-6-12/h1-2,7H,3-6H2,(H,11,14). The van der Waals surface area contributed by atoms with Crippen molar-refractivity contribution >= 4 is 28.5 Å². The number of rotatable bonds is 2.